The summed E-state index contributed by atoms with van der Waals surface area (Å²) in [6, 6.07) is 8.23. The normalized spacial score (nSPS) is 12.8. The molecular formula is C17H17N3O5. The standard InChI is InChI=1S/C17H17N3O5/c1-19-13-5-4-11(6-10(13)7-17(19)21)18-12-8-15(24-2)16(25-3)9-14(12)20(22)23/h4-6,8-9,18H,7H2,1-3H3. The van der Waals surface area contributed by atoms with Crippen LogP contribution in [0, 0.1) is 10.1 Å². The monoisotopic (exact) mass is 343 g/mol. The zero-order valence-electron chi connectivity index (χ0n) is 14.0. The number of fused-ring (bicyclic) bond motifs is 1. The molecule has 0 unspecified atom stereocenters. The molecule has 0 aromatic heterocycles. The number of nitro benzene ring substituents is 1. The summed E-state index contributed by atoms with van der Waals surface area (Å²) in [4.78, 5) is 24.3. The molecule has 0 atom stereocenters. The van der Waals surface area contributed by atoms with Crippen LogP contribution in [0.1, 0.15) is 5.56 Å². The number of hydrogen-bond donors (Lipinski definition) is 1. The molecule has 0 saturated heterocycles. The predicted octanol–water partition coefficient (Wildman–Crippen LogP) is 2.87. The Labute approximate surface area is 144 Å². The highest BCUT2D eigenvalue weighted by atomic mass is 16.6. The van der Waals surface area contributed by atoms with Crippen molar-refractivity contribution in [3.8, 4) is 11.5 Å². The van der Waals surface area contributed by atoms with Gasteiger partial charge in [0.1, 0.15) is 5.69 Å². The number of carbonyl (C=O) groups excluding carboxylic acids is 1. The molecule has 8 heteroatoms. The number of nitrogens with one attached hydrogen (secondary N) is 1. The maximum Gasteiger partial charge on any atom is 0.296 e. The molecular weight excluding hydrogens is 326 g/mol. The number of ether oxygens (including phenoxy) is 2. The lowest BCUT2D eigenvalue weighted by Gasteiger charge is -2.14. The molecule has 1 N–H and O–H groups in total. The van der Waals surface area contributed by atoms with Crippen LogP contribution in [0.5, 0.6) is 11.5 Å². The second kappa shape index (κ2) is 6.31. The van der Waals surface area contributed by atoms with Gasteiger partial charge in [0.25, 0.3) is 5.69 Å². The molecule has 3 rings (SSSR count). The van der Waals surface area contributed by atoms with Crippen LogP contribution in [0.3, 0.4) is 0 Å². The molecule has 1 amide bonds. The Kier molecular flexibility index (Phi) is 4.18. The number of likely N-dealkylation sites (N-methyl/N-ethyl adjacent to an activating group) is 1. The molecule has 0 bridgehead atoms. The zero-order valence-corrected chi connectivity index (χ0v) is 14.0. The van der Waals surface area contributed by atoms with E-state index in [0.717, 1.165) is 11.3 Å². The van der Waals surface area contributed by atoms with Crippen LogP contribution in [-0.2, 0) is 11.2 Å². The van der Waals surface area contributed by atoms with Crippen molar-refractivity contribution in [3.05, 3.63) is 46.0 Å². The SMILES string of the molecule is COc1cc(Nc2ccc3c(c2)CC(=O)N3C)c([N+](=O)[O-])cc1OC. The Balaban J connectivity index is 1.99. The van der Waals surface area contributed by atoms with Crippen molar-refractivity contribution in [2.24, 2.45) is 0 Å². The van der Waals surface area contributed by atoms with Gasteiger partial charge in [0.05, 0.1) is 31.6 Å². The molecule has 2 aromatic rings. The van der Waals surface area contributed by atoms with Gasteiger partial charge in [-0.2, -0.15) is 0 Å². The van der Waals surface area contributed by atoms with Gasteiger partial charge in [-0.05, 0) is 23.8 Å². The highest BCUT2D eigenvalue weighted by Gasteiger charge is 2.25. The Morgan fingerprint density at radius 3 is 2.48 bits per heavy atom. The van der Waals surface area contributed by atoms with E-state index in [-0.39, 0.29) is 23.0 Å². The molecule has 25 heavy (non-hydrogen) atoms. The number of anilines is 3. The first-order valence-corrected chi connectivity index (χ1v) is 7.51. The molecule has 0 spiro atoms. The number of amides is 1. The first kappa shape index (κ1) is 16.6. The number of nitrogens with zero attached hydrogens (tertiary/aromatic N) is 2. The van der Waals surface area contributed by atoms with E-state index in [0.29, 0.717) is 17.9 Å². The van der Waals surface area contributed by atoms with Crippen LogP contribution in [0.15, 0.2) is 30.3 Å². The molecule has 1 aliphatic heterocycles. The van der Waals surface area contributed by atoms with Crippen LogP contribution in [0.25, 0.3) is 0 Å². The van der Waals surface area contributed by atoms with Crippen LogP contribution < -0.4 is 19.7 Å². The summed E-state index contributed by atoms with van der Waals surface area (Å²) in [7, 11) is 4.60. The highest BCUT2D eigenvalue weighted by Crippen LogP contribution is 2.39. The van der Waals surface area contributed by atoms with E-state index in [9.17, 15) is 14.9 Å². The minimum Gasteiger partial charge on any atom is -0.493 e. The van der Waals surface area contributed by atoms with E-state index in [2.05, 4.69) is 5.32 Å². The van der Waals surface area contributed by atoms with Crippen molar-refractivity contribution in [2.75, 3.05) is 31.5 Å². The number of nitro groups is 1. The fourth-order valence-electron chi connectivity index (χ4n) is 2.82. The second-order valence-corrected chi connectivity index (χ2v) is 5.58. The maximum absolute atomic E-state index is 11.8. The lowest BCUT2D eigenvalue weighted by molar-refractivity contribution is -0.384. The number of hydrogen-bond acceptors (Lipinski definition) is 6. The number of methoxy groups -OCH3 is 2. The van der Waals surface area contributed by atoms with Crippen molar-refractivity contribution in [3.63, 3.8) is 0 Å². The molecule has 1 heterocycles. The number of rotatable bonds is 5. The number of carbonyl (C=O) groups is 1. The molecule has 8 nitrogen and oxygen atoms in total. The van der Waals surface area contributed by atoms with Crippen molar-refractivity contribution in [1.82, 2.24) is 0 Å². The second-order valence-electron chi connectivity index (χ2n) is 5.58. The summed E-state index contributed by atoms with van der Waals surface area (Å²) in [5.74, 6) is 0.678. The zero-order chi connectivity index (χ0) is 18.1. The van der Waals surface area contributed by atoms with Crippen molar-refractivity contribution >= 4 is 28.7 Å². The Morgan fingerprint density at radius 1 is 1.16 bits per heavy atom. The van der Waals surface area contributed by atoms with E-state index < -0.39 is 4.92 Å². The molecule has 0 radical (unpaired) electrons. The minimum atomic E-state index is -0.491. The van der Waals surface area contributed by atoms with Gasteiger partial charge in [0.15, 0.2) is 11.5 Å². The molecule has 0 fully saturated rings. The molecule has 130 valence electrons. The van der Waals surface area contributed by atoms with Gasteiger partial charge in [-0.15, -0.1) is 0 Å². The molecule has 0 aliphatic carbocycles. The van der Waals surface area contributed by atoms with Gasteiger partial charge in [-0.25, -0.2) is 0 Å². The summed E-state index contributed by atoms with van der Waals surface area (Å²) in [6.45, 7) is 0. The van der Waals surface area contributed by atoms with Gasteiger partial charge in [-0.3, -0.25) is 14.9 Å². The van der Waals surface area contributed by atoms with Gasteiger partial charge >= 0.3 is 0 Å². The van der Waals surface area contributed by atoms with Gasteiger partial charge in [0.2, 0.25) is 5.91 Å². The maximum atomic E-state index is 11.8. The van der Waals surface area contributed by atoms with Crippen molar-refractivity contribution in [2.45, 2.75) is 6.42 Å². The molecule has 2 aromatic carbocycles. The summed E-state index contributed by atoms with van der Waals surface area (Å²) in [6.07, 6.45) is 0.315. The average molecular weight is 343 g/mol. The topological polar surface area (TPSA) is 93.9 Å². The van der Waals surface area contributed by atoms with Crippen molar-refractivity contribution in [1.29, 1.82) is 0 Å². The fourth-order valence-corrected chi connectivity index (χ4v) is 2.82. The first-order valence-electron chi connectivity index (χ1n) is 7.51. The smallest absolute Gasteiger partial charge is 0.296 e. The number of benzene rings is 2. The summed E-state index contributed by atoms with van der Waals surface area (Å²) < 4.78 is 10.3. The highest BCUT2D eigenvalue weighted by molar-refractivity contribution is 6.01. The first-order chi connectivity index (χ1) is 11.9. The quantitative estimate of drug-likeness (QED) is 0.663. The predicted molar refractivity (Wildman–Crippen MR) is 93.0 cm³/mol. The van der Waals surface area contributed by atoms with E-state index in [4.69, 9.17) is 9.47 Å². The van der Waals surface area contributed by atoms with Gasteiger partial charge in [-0.1, -0.05) is 0 Å². The van der Waals surface area contributed by atoms with Gasteiger partial charge in [0, 0.05) is 24.5 Å². The van der Waals surface area contributed by atoms with Crippen LogP contribution >= 0.6 is 0 Å². The van der Waals surface area contributed by atoms with Crippen LogP contribution in [-0.4, -0.2) is 32.1 Å². The van der Waals surface area contributed by atoms with Crippen LogP contribution in [0.4, 0.5) is 22.7 Å². The lowest BCUT2D eigenvalue weighted by atomic mass is 10.1. The average Bonchev–Trinajstić information content (AvgIpc) is 2.88. The Morgan fingerprint density at radius 2 is 1.84 bits per heavy atom. The fraction of sp³-hybridized carbons (Fsp3) is 0.235. The summed E-state index contributed by atoms with van der Waals surface area (Å²) in [5, 5.41) is 14.4. The minimum absolute atomic E-state index is 0.0178. The van der Waals surface area contributed by atoms with Gasteiger partial charge < -0.3 is 19.7 Å². The Bertz CT molecular complexity index is 866. The third kappa shape index (κ3) is 2.93. The summed E-state index contributed by atoms with van der Waals surface area (Å²) in [5.41, 5.74) is 2.52. The van der Waals surface area contributed by atoms with E-state index in [1.54, 1.807) is 18.0 Å². The van der Waals surface area contributed by atoms with E-state index in [1.807, 2.05) is 12.1 Å². The lowest BCUT2D eigenvalue weighted by Crippen LogP contribution is -2.20. The largest absolute Gasteiger partial charge is 0.493 e. The van der Waals surface area contributed by atoms with Crippen LogP contribution in [0.2, 0.25) is 0 Å². The van der Waals surface area contributed by atoms with Crippen molar-refractivity contribution < 1.29 is 19.2 Å². The Hall–Kier alpha value is -3.29. The third-order valence-electron chi connectivity index (χ3n) is 4.13. The van der Waals surface area contributed by atoms with E-state index >= 15 is 0 Å². The molecule has 0 saturated carbocycles. The molecule has 1 aliphatic rings. The third-order valence-corrected chi connectivity index (χ3v) is 4.13. The summed E-state index contributed by atoms with van der Waals surface area (Å²) >= 11 is 0. The van der Waals surface area contributed by atoms with E-state index in [1.165, 1.54) is 26.4 Å².